The number of carboxylic acids is 1. The summed E-state index contributed by atoms with van der Waals surface area (Å²) in [7, 11) is 3.91. The van der Waals surface area contributed by atoms with Gasteiger partial charge in [-0.3, -0.25) is 0 Å². The average molecular weight is 385 g/mol. The normalized spacial score (nSPS) is 12.7. The second kappa shape index (κ2) is 8.02. The molecule has 27 heavy (non-hydrogen) atoms. The fourth-order valence-electron chi connectivity index (χ4n) is 2.94. The van der Waals surface area contributed by atoms with Crippen molar-refractivity contribution in [2.24, 2.45) is 5.92 Å². The van der Waals surface area contributed by atoms with E-state index in [0.717, 1.165) is 21.3 Å². The van der Waals surface area contributed by atoms with E-state index in [9.17, 15) is 9.90 Å². The minimum Gasteiger partial charge on any atom is -0.480 e. The van der Waals surface area contributed by atoms with Crippen LogP contribution in [0.1, 0.15) is 19.7 Å². The molecule has 2 heterocycles. The first-order valence-electron chi connectivity index (χ1n) is 8.84. The van der Waals surface area contributed by atoms with Gasteiger partial charge in [-0.15, -0.1) is 11.3 Å². The first kappa shape index (κ1) is 19.3. The minimum absolute atomic E-state index is 0.0800. The molecule has 0 radical (unpaired) electrons. The van der Waals surface area contributed by atoms with Crippen molar-refractivity contribution in [3.05, 3.63) is 41.5 Å². The number of rotatable bonds is 7. The lowest BCUT2D eigenvalue weighted by atomic mass is 10.0. The minimum atomic E-state index is -0.887. The summed E-state index contributed by atoms with van der Waals surface area (Å²) in [6, 6.07) is 9.30. The van der Waals surface area contributed by atoms with Crippen molar-refractivity contribution >= 4 is 33.3 Å². The van der Waals surface area contributed by atoms with Crippen LogP contribution in [0.5, 0.6) is 0 Å². The fraction of sp³-hybridized carbons (Fsp3) is 0.350. The molecule has 3 aromatic rings. The maximum absolute atomic E-state index is 11.7. The summed E-state index contributed by atoms with van der Waals surface area (Å²) < 4.78 is 0. The van der Waals surface area contributed by atoms with Gasteiger partial charge in [0, 0.05) is 10.9 Å². The zero-order chi connectivity index (χ0) is 19.6. The third-order valence-electron chi connectivity index (χ3n) is 4.25. The fourth-order valence-corrected chi connectivity index (χ4v) is 3.90. The zero-order valence-electron chi connectivity index (χ0n) is 15.9. The van der Waals surface area contributed by atoms with Gasteiger partial charge in [-0.25, -0.2) is 14.8 Å². The summed E-state index contributed by atoms with van der Waals surface area (Å²) in [5.74, 6) is 0.286. The number of anilines is 1. The van der Waals surface area contributed by atoms with Gasteiger partial charge in [0.1, 0.15) is 22.5 Å². The predicted octanol–water partition coefficient (Wildman–Crippen LogP) is 3.94. The van der Waals surface area contributed by atoms with Crippen LogP contribution in [0.4, 0.5) is 5.82 Å². The standard InChI is InChI=1S/C20H24N4O2S/c1-12(2)17(20(25)26)23-18-16-14(13-8-6-5-7-9-13)11-27-19(16)22-15(21-18)10-24(3)4/h5-9,11-12,17H,10H2,1-4H3,(H,25,26)(H,21,22,23)/t17-/m1/s1. The van der Waals surface area contributed by atoms with Gasteiger partial charge >= 0.3 is 5.97 Å². The van der Waals surface area contributed by atoms with E-state index in [1.807, 2.05) is 63.2 Å². The van der Waals surface area contributed by atoms with Crippen LogP contribution in [-0.4, -0.2) is 46.1 Å². The van der Waals surface area contributed by atoms with Gasteiger partial charge in [-0.2, -0.15) is 0 Å². The average Bonchev–Trinajstić information content (AvgIpc) is 3.03. The summed E-state index contributed by atoms with van der Waals surface area (Å²) in [5, 5.41) is 15.7. The third-order valence-corrected chi connectivity index (χ3v) is 5.12. The Balaban J connectivity index is 2.17. The Morgan fingerprint density at radius 2 is 1.93 bits per heavy atom. The van der Waals surface area contributed by atoms with Gasteiger partial charge in [0.05, 0.1) is 11.9 Å². The molecule has 6 nitrogen and oxygen atoms in total. The molecular weight excluding hydrogens is 360 g/mol. The molecule has 0 fully saturated rings. The van der Waals surface area contributed by atoms with Crippen molar-refractivity contribution in [3.8, 4) is 11.1 Å². The Morgan fingerprint density at radius 1 is 1.22 bits per heavy atom. The molecule has 0 saturated heterocycles. The number of fused-ring (bicyclic) bond motifs is 1. The zero-order valence-corrected chi connectivity index (χ0v) is 16.7. The quantitative estimate of drug-likeness (QED) is 0.642. The molecule has 2 aromatic heterocycles. The van der Waals surface area contributed by atoms with E-state index in [-0.39, 0.29) is 5.92 Å². The molecule has 0 aliphatic heterocycles. The Morgan fingerprint density at radius 3 is 2.52 bits per heavy atom. The maximum atomic E-state index is 11.7. The SMILES string of the molecule is CC(C)[C@@H](Nc1nc(CN(C)C)nc2scc(-c3ccccc3)c12)C(=O)O. The number of benzene rings is 1. The van der Waals surface area contributed by atoms with E-state index in [2.05, 4.69) is 15.7 Å². The van der Waals surface area contributed by atoms with Crippen molar-refractivity contribution in [1.82, 2.24) is 14.9 Å². The number of carboxylic acid groups (broad SMARTS) is 1. The molecule has 0 amide bonds. The van der Waals surface area contributed by atoms with Crippen LogP contribution in [0.3, 0.4) is 0 Å². The Labute approximate surface area is 162 Å². The Hall–Kier alpha value is -2.51. The van der Waals surface area contributed by atoms with Crippen LogP contribution >= 0.6 is 11.3 Å². The Kier molecular flexibility index (Phi) is 5.72. The lowest BCUT2D eigenvalue weighted by Crippen LogP contribution is -2.34. The van der Waals surface area contributed by atoms with E-state index < -0.39 is 12.0 Å². The number of thiophene rings is 1. The van der Waals surface area contributed by atoms with E-state index >= 15 is 0 Å². The second-order valence-corrected chi connectivity index (χ2v) is 7.98. The number of nitrogens with zero attached hydrogens (tertiary/aromatic N) is 3. The van der Waals surface area contributed by atoms with E-state index in [4.69, 9.17) is 4.98 Å². The van der Waals surface area contributed by atoms with Crippen LogP contribution in [0.15, 0.2) is 35.7 Å². The van der Waals surface area contributed by atoms with Crippen molar-refractivity contribution in [1.29, 1.82) is 0 Å². The molecule has 0 spiro atoms. The van der Waals surface area contributed by atoms with Gasteiger partial charge in [-0.05, 0) is 25.6 Å². The van der Waals surface area contributed by atoms with Crippen molar-refractivity contribution < 1.29 is 9.90 Å². The molecule has 1 aromatic carbocycles. The third kappa shape index (κ3) is 4.26. The maximum Gasteiger partial charge on any atom is 0.326 e. The summed E-state index contributed by atoms with van der Waals surface area (Å²) in [6.45, 7) is 4.36. The van der Waals surface area contributed by atoms with Crippen LogP contribution in [0.25, 0.3) is 21.3 Å². The van der Waals surface area contributed by atoms with E-state index in [0.29, 0.717) is 18.2 Å². The number of aliphatic carboxylic acids is 1. The molecule has 1 atom stereocenters. The highest BCUT2D eigenvalue weighted by Crippen LogP contribution is 2.37. The molecule has 0 aliphatic rings. The van der Waals surface area contributed by atoms with E-state index in [1.165, 1.54) is 0 Å². The van der Waals surface area contributed by atoms with E-state index in [1.54, 1.807) is 11.3 Å². The summed E-state index contributed by atoms with van der Waals surface area (Å²) in [5.41, 5.74) is 2.08. The molecule has 142 valence electrons. The number of nitrogens with one attached hydrogen (secondary N) is 1. The van der Waals surface area contributed by atoms with Gasteiger partial charge in [0.15, 0.2) is 0 Å². The molecule has 0 unspecified atom stereocenters. The van der Waals surface area contributed by atoms with Crippen molar-refractivity contribution in [2.45, 2.75) is 26.4 Å². The number of hydrogen-bond acceptors (Lipinski definition) is 6. The lowest BCUT2D eigenvalue weighted by Gasteiger charge is -2.20. The highest BCUT2D eigenvalue weighted by Gasteiger charge is 2.24. The smallest absolute Gasteiger partial charge is 0.326 e. The molecule has 2 N–H and O–H groups in total. The Bertz CT molecular complexity index is 938. The van der Waals surface area contributed by atoms with Crippen LogP contribution < -0.4 is 5.32 Å². The van der Waals surface area contributed by atoms with Crippen molar-refractivity contribution in [2.75, 3.05) is 19.4 Å². The number of hydrogen-bond donors (Lipinski definition) is 2. The number of aromatic nitrogens is 2. The molecular formula is C20H24N4O2S. The largest absolute Gasteiger partial charge is 0.480 e. The summed E-state index contributed by atoms with van der Waals surface area (Å²) in [6.07, 6.45) is 0. The molecule has 0 aliphatic carbocycles. The van der Waals surface area contributed by atoms with Crippen LogP contribution in [0.2, 0.25) is 0 Å². The summed E-state index contributed by atoms with van der Waals surface area (Å²) >= 11 is 1.55. The molecule has 0 saturated carbocycles. The monoisotopic (exact) mass is 384 g/mol. The first-order chi connectivity index (χ1) is 12.9. The topological polar surface area (TPSA) is 78.4 Å². The summed E-state index contributed by atoms with van der Waals surface area (Å²) in [4.78, 5) is 24.0. The van der Waals surface area contributed by atoms with Gasteiger partial charge < -0.3 is 15.3 Å². The van der Waals surface area contributed by atoms with Gasteiger partial charge in [-0.1, -0.05) is 44.2 Å². The molecule has 7 heteroatoms. The highest BCUT2D eigenvalue weighted by atomic mass is 32.1. The number of carbonyl (C=O) groups is 1. The van der Waals surface area contributed by atoms with Crippen LogP contribution in [-0.2, 0) is 11.3 Å². The van der Waals surface area contributed by atoms with Crippen molar-refractivity contribution in [3.63, 3.8) is 0 Å². The van der Waals surface area contributed by atoms with Gasteiger partial charge in [0.2, 0.25) is 0 Å². The predicted molar refractivity (Wildman–Crippen MR) is 110 cm³/mol. The first-order valence-corrected chi connectivity index (χ1v) is 9.72. The molecule has 3 rings (SSSR count). The lowest BCUT2D eigenvalue weighted by molar-refractivity contribution is -0.138. The molecule has 0 bridgehead atoms. The van der Waals surface area contributed by atoms with Crippen LogP contribution in [0, 0.1) is 5.92 Å². The van der Waals surface area contributed by atoms with Gasteiger partial charge in [0.25, 0.3) is 0 Å². The second-order valence-electron chi connectivity index (χ2n) is 7.13. The highest BCUT2D eigenvalue weighted by molar-refractivity contribution is 7.17.